The molecular formula is C27H24N2O2S. The van der Waals surface area contributed by atoms with Crippen molar-refractivity contribution < 1.29 is 9.53 Å². The number of hydrogen-bond donors (Lipinski definition) is 1. The SMILES string of the molecule is CCOc1ccc(/C=C/C(=O)NCc2ccc(-c3nc(-c4ccccc4)cs3)cc2)cc1. The zero-order valence-corrected chi connectivity index (χ0v) is 18.6. The van der Waals surface area contributed by atoms with E-state index in [9.17, 15) is 4.79 Å². The van der Waals surface area contributed by atoms with E-state index in [1.807, 2.05) is 73.7 Å². The molecule has 0 aliphatic heterocycles. The molecule has 160 valence electrons. The Bertz CT molecular complexity index is 1180. The minimum Gasteiger partial charge on any atom is -0.494 e. The topological polar surface area (TPSA) is 51.2 Å². The van der Waals surface area contributed by atoms with Crippen LogP contribution in [-0.4, -0.2) is 17.5 Å². The number of carbonyl (C=O) groups is 1. The van der Waals surface area contributed by atoms with Crippen molar-refractivity contribution in [3.8, 4) is 27.6 Å². The summed E-state index contributed by atoms with van der Waals surface area (Å²) in [6.45, 7) is 3.06. The second-order valence-electron chi connectivity index (χ2n) is 7.15. The number of ether oxygens (including phenoxy) is 1. The second kappa shape index (κ2) is 10.6. The van der Waals surface area contributed by atoms with Gasteiger partial charge in [0.15, 0.2) is 0 Å². The third-order valence-electron chi connectivity index (χ3n) is 4.86. The van der Waals surface area contributed by atoms with E-state index in [1.54, 1.807) is 23.5 Å². The molecule has 0 saturated heterocycles. The molecule has 1 amide bonds. The predicted octanol–water partition coefficient (Wildman–Crippen LogP) is 6.21. The first-order valence-corrected chi connectivity index (χ1v) is 11.4. The molecule has 0 bridgehead atoms. The molecule has 0 saturated carbocycles. The van der Waals surface area contributed by atoms with Crippen molar-refractivity contribution in [3.63, 3.8) is 0 Å². The minimum absolute atomic E-state index is 0.129. The summed E-state index contributed by atoms with van der Waals surface area (Å²) in [5.74, 6) is 0.696. The average molecular weight is 441 g/mol. The van der Waals surface area contributed by atoms with Gasteiger partial charge in [-0.2, -0.15) is 0 Å². The average Bonchev–Trinajstić information content (AvgIpc) is 3.34. The summed E-state index contributed by atoms with van der Waals surface area (Å²) in [5.41, 5.74) is 5.17. The molecule has 3 aromatic carbocycles. The Morgan fingerprint density at radius 2 is 1.72 bits per heavy atom. The molecule has 0 radical (unpaired) electrons. The molecule has 0 atom stereocenters. The quantitative estimate of drug-likeness (QED) is 0.332. The maximum absolute atomic E-state index is 12.2. The third kappa shape index (κ3) is 5.71. The van der Waals surface area contributed by atoms with E-state index in [1.165, 1.54) is 0 Å². The lowest BCUT2D eigenvalue weighted by molar-refractivity contribution is -0.116. The number of aromatic nitrogens is 1. The molecule has 4 rings (SSSR count). The van der Waals surface area contributed by atoms with Crippen molar-refractivity contribution in [2.45, 2.75) is 13.5 Å². The maximum Gasteiger partial charge on any atom is 0.244 e. The van der Waals surface area contributed by atoms with Crippen molar-refractivity contribution in [1.29, 1.82) is 0 Å². The Kier molecular flexibility index (Phi) is 7.10. The molecule has 0 spiro atoms. The van der Waals surface area contributed by atoms with E-state index in [0.29, 0.717) is 13.2 Å². The zero-order chi connectivity index (χ0) is 22.2. The van der Waals surface area contributed by atoms with Crippen LogP contribution >= 0.6 is 11.3 Å². The van der Waals surface area contributed by atoms with E-state index >= 15 is 0 Å². The second-order valence-corrected chi connectivity index (χ2v) is 8.01. The first-order valence-electron chi connectivity index (χ1n) is 10.5. The van der Waals surface area contributed by atoms with Crippen LogP contribution in [-0.2, 0) is 11.3 Å². The molecule has 1 aromatic heterocycles. The summed E-state index contributed by atoms with van der Waals surface area (Å²) < 4.78 is 5.43. The van der Waals surface area contributed by atoms with Gasteiger partial charge in [-0.15, -0.1) is 11.3 Å². The van der Waals surface area contributed by atoms with Crippen molar-refractivity contribution in [2.24, 2.45) is 0 Å². The van der Waals surface area contributed by atoms with Crippen LogP contribution in [0.5, 0.6) is 5.75 Å². The van der Waals surface area contributed by atoms with Crippen LogP contribution in [0, 0.1) is 0 Å². The minimum atomic E-state index is -0.129. The van der Waals surface area contributed by atoms with Crippen LogP contribution in [0.4, 0.5) is 0 Å². The van der Waals surface area contributed by atoms with Crippen molar-refractivity contribution in [2.75, 3.05) is 6.61 Å². The van der Waals surface area contributed by atoms with Crippen molar-refractivity contribution in [3.05, 3.63) is 101 Å². The van der Waals surface area contributed by atoms with Gasteiger partial charge in [0, 0.05) is 29.1 Å². The molecule has 0 fully saturated rings. The van der Waals surface area contributed by atoms with E-state index in [-0.39, 0.29) is 5.91 Å². The summed E-state index contributed by atoms with van der Waals surface area (Å²) in [6.07, 6.45) is 3.34. The largest absolute Gasteiger partial charge is 0.494 e. The van der Waals surface area contributed by atoms with Crippen LogP contribution in [0.3, 0.4) is 0 Å². The summed E-state index contributed by atoms with van der Waals surface area (Å²) >= 11 is 1.63. The number of benzene rings is 3. The zero-order valence-electron chi connectivity index (χ0n) is 17.8. The Balaban J connectivity index is 1.31. The van der Waals surface area contributed by atoms with E-state index < -0.39 is 0 Å². The normalized spacial score (nSPS) is 10.9. The molecule has 0 aliphatic carbocycles. The standard InChI is InChI=1S/C27H24N2O2S/c1-2-31-24-15-10-20(11-16-24)12-17-26(30)28-18-21-8-13-23(14-9-21)27-29-25(19-32-27)22-6-4-3-5-7-22/h3-17,19H,2,18H2,1H3,(H,28,30)/b17-12+. The molecular weight excluding hydrogens is 416 g/mol. The van der Waals surface area contributed by atoms with Gasteiger partial charge in [0.05, 0.1) is 12.3 Å². The van der Waals surface area contributed by atoms with Gasteiger partial charge >= 0.3 is 0 Å². The number of nitrogens with zero attached hydrogens (tertiary/aromatic N) is 1. The van der Waals surface area contributed by atoms with Gasteiger partial charge in [0.2, 0.25) is 5.91 Å². The maximum atomic E-state index is 12.2. The fraction of sp³-hybridized carbons (Fsp3) is 0.111. The van der Waals surface area contributed by atoms with Gasteiger partial charge in [0.1, 0.15) is 10.8 Å². The smallest absolute Gasteiger partial charge is 0.244 e. The van der Waals surface area contributed by atoms with Crippen LogP contribution in [0.25, 0.3) is 27.9 Å². The number of hydrogen-bond acceptors (Lipinski definition) is 4. The van der Waals surface area contributed by atoms with E-state index in [2.05, 4.69) is 22.8 Å². The summed E-state index contributed by atoms with van der Waals surface area (Å²) in [4.78, 5) is 16.9. The highest BCUT2D eigenvalue weighted by Crippen LogP contribution is 2.28. The fourth-order valence-corrected chi connectivity index (χ4v) is 4.01. The van der Waals surface area contributed by atoms with E-state index in [4.69, 9.17) is 9.72 Å². The molecule has 4 aromatic rings. The van der Waals surface area contributed by atoms with E-state index in [0.717, 1.165) is 38.7 Å². The van der Waals surface area contributed by atoms with Gasteiger partial charge in [-0.05, 0) is 36.3 Å². The number of carbonyl (C=O) groups excluding carboxylic acids is 1. The van der Waals surface area contributed by atoms with Crippen molar-refractivity contribution in [1.82, 2.24) is 10.3 Å². The number of rotatable bonds is 8. The molecule has 0 unspecified atom stereocenters. The van der Waals surface area contributed by atoms with Crippen molar-refractivity contribution >= 4 is 23.3 Å². The lowest BCUT2D eigenvalue weighted by Gasteiger charge is -2.04. The van der Waals surface area contributed by atoms with Crippen LogP contribution < -0.4 is 10.1 Å². The van der Waals surface area contributed by atoms with Gasteiger partial charge in [-0.25, -0.2) is 4.98 Å². The predicted molar refractivity (Wildman–Crippen MR) is 131 cm³/mol. The van der Waals surface area contributed by atoms with Gasteiger partial charge in [0.25, 0.3) is 0 Å². The monoisotopic (exact) mass is 440 g/mol. The first-order chi connectivity index (χ1) is 15.7. The van der Waals surface area contributed by atoms with Crippen LogP contribution in [0.1, 0.15) is 18.1 Å². The summed E-state index contributed by atoms with van der Waals surface area (Å²) in [7, 11) is 0. The van der Waals surface area contributed by atoms with Crippen LogP contribution in [0.2, 0.25) is 0 Å². The highest BCUT2D eigenvalue weighted by atomic mass is 32.1. The number of nitrogens with one attached hydrogen (secondary N) is 1. The Labute approximate surface area is 192 Å². The molecule has 4 nitrogen and oxygen atoms in total. The molecule has 5 heteroatoms. The molecule has 32 heavy (non-hydrogen) atoms. The molecule has 0 aliphatic rings. The number of thiazole rings is 1. The van der Waals surface area contributed by atoms with Gasteiger partial charge in [-0.1, -0.05) is 66.7 Å². The summed E-state index contributed by atoms with van der Waals surface area (Å²) in [5, 5.41) is 5.99. The molecule has 1 heterocycles. The lowest BCUT2D eigenvalue weighted by atomic mass is 10.1. The lowest BCUT2D eigenvalue weighted by Crippen LogP contribution is -2.20. The molecule has 1 N–H and O–H groups in total. The Morgan fingerprint density at radius 1 is 0.969 bits per heavy atom. The van der Waals surface area contributed by atoms with Crippen LogP contribution in [0.15, 0.2) is 90.3 Å². The Morgan fingerprint density at radius 3 is 2.44 bits per heavy atom. The first kappa shape index (κ1) is 21.5. The summed E-state index contributed by atoms with van der Waals surface area (Å²) in [6, 6.07) is 26.0. The highest BCUT2D eigenvalue weighted by Gasteiger charge is 2.07. The van der Waals surface area contributed by atoms with Gasteiger partial charge < -0.3 is 10.1 Å². The van der Waals surface area contributed by atoms with Gasteiger partial charge in [-0.3, -0.25) is 4.79 Å². The Hall–Kier alpha value is -3.70. The fourth-order valence-electron chi connectivity index (χ4n) is 3.17. The highest BCUT2D eigenvalue weighted by molar-refractivity contribution is 7.13. The number of amides is 1. The third-order valence-corrected chi connectivity index (χ3v) is 5.75.